The van der Waals surface area contributed by atoms with Crippen LogP contribution < -0.4 is 0 Å². The molecule has 0 amide bonds. The number of nitrogens with zero attached hydrogens (tertiary/aromatic N) is 4. The van der Waals surface area contributed by atoms with Gasteiger partial charge in [-0.15, -0.1) is 0 Å². The van der Waals surface area contributed by atoms with Crippen molar-refractivity contribution < 1.29 is 9.90 Å². The lowest BCUT2D eigenvalue weighted by atomic mass is 10.3. The van der Waals surface area contributed by atoms with E-state index in [1.54, 1.807) is 6.07 Å². The highest BCUT2D eigenvalue weighted by molar-refractivity contribution is 7.99. The number of carbonyl (C=O) groups is 1. The number of aromatic carboxylic acids is 1. The Hall–Kier alpha value is -2.46. The SMILES string of the molecule is N#Cc1cnc(Sc2ccnc(C(=O)O)c2)cn1. The quantitative estimate of drug-likeness (QED) is 0.892. The van der Waals surface area contributed by atoms with Gasteiger partial charge in [-0.1, -0.05) is 11.8 Å². The zero-order chi connectivity index (χ0) is 13.0. The number of hydrogen-bond acceptors (Lipinski definition) is 6. The largest absolute Gasteiger partial charge is 0.477 e. The number of carboxylic acid groups (broad SMARTS) is 1. The number of aromatic nitrogens is 3. The van der Waals surface area contributed by atoms with Gasteiger partial charge in [0, 0.05) is 11.1 Å². The summed E-state index contributed by atoms with van der Waals surface area (Å²) in [5, 5.41) is 18.0. The lowest BCUT2D eigenvalue weighted by Crippen LogP contribution is -1.99. The summed E-state index contributed by atoms with van der Waals surface area (Å²) < 4.78 is 0. The van der Waals surface area contributed by atoms with E-state index in [9.17, 15) is 4.79 Å². The summed E-state index contributed by atoms with van der Waals surface area (Å²) in [5.41, 5.74) is 0.210. The Morgan fingerprint density at radius 3 is 2.78 bits per heavy atom. The second-order valence-electron chi connectivity index (χ2n) is 3.14. The summed E-state index contributed by atoms with van der Waals surface area (Å²) >= 11 is 1.25. The smallest absolute Gasteiger partial charge is 0.354 e. The molecule has 2 aromatic rings. The van der Waals surface area contributed by atoms with Gasteiger partial charge < -0.3 is 5.11 Å². The third-order valence-electron chi connectivity index (χ3n) is 1.92. The average molecular weight is 258 g/mol. The number of carboxylic acids is 1. The van der Waals surface area contributed by atoms with Crippen molar-refractivity contribution in [1.29, 1.82) is 5.26 Å². The first-order valence-electron chi connectivity index (χ1n) is 4.78. The van der Waals surface area contributed by atoms with Crippen LogP contribution in [0.1, 0.15) is 16.2 Å². The van der Waals surface area contributed by atoms with Gasteiger partial charge in [-0.25, -0.2) is 19.7 Å². The van der Waals surface area contributed by atoms with E-state index in [2.05, 4.69) is 15.0 Å². The monoisotopic (exact) mass is 258 g/mol. The fraction of sp³-hybridized carbons (Fsp3) is 0. The molecule has 88 valence electrons. The maximum atomic E-state index is 10.8. The van der Waals surface area contributed by atoms with Crippen molar-refractivity contribution >= 4 is 17.7 Å². The molecule has 2 heterocycles. The molecule has 0 fully saturated rings. The normalized spacial score (nSPS) is 9.72. The van der Waals surface area contributed by atoms with E-state index in [1.165, 1.54) is 36.4 Å². The van der Waals surface area contributed by atoms with Crippen molar-refractivity contribution in [2.75, 3.05) is 0 Å². The van der Waals surface area contributed by atoms with Gasteiger partial charge in [0.25, 0.3) is 0 Å². The third kappa shape index (κ3) is 2.81. The van der Waals surface area contributed by atoms with E-state index >= 15 is 0 Å². The van der Waals surface area contributed by atoms with Crippen LogP contribution in [-0.2, 0) is 0 Å². The fourth-order valence-corrected chi connectivity index (χ4v) is 1.89. The minimum atomic E-state index is -1.08. The Bertz CT molecular complexity index is 622. The number of nitriles is 1. The van der Waals surface area contributed by atoms with Crippen LogP contribution in [0.25, 0.3) is 0 Å². The molecular weight excluding hydrogens is 252 g/mol. The predicted octanol–water partition coefficient (Wildman–Crippen LogP) is 1.59. The summed E-state index contributed by atoms with van der Waals surface area (Å²) in [5.74, 6) is -1.08. The Morgan fingerprint density at radius 1 is 1.33 bits per heavy atom. The summed E-state index contributed by atoms with van der Waals surface area (Å²) in [6, 6.07) is 5.00. The maximum absolute atomic E-state index is 10.8. The summed E-state index contributed by atoms with van der Waals surface area (Å²) in [6.45, 7) is 0. The minimum Gasteiger partial charge on any atom is -0.477 e. The van der Waals surface area contributed by atoms with Gasteiger partial charge in [-0.3, -0.25) is 0 Å². The Labute approximate surface area is 106 Å². The van der Waals surface area contributed by atoms with E-state index < -0.39 is 5.97 Å². The highest BCUT2D eigenvalue weighted by Crippen LogP contribution is 2.25. The molecule has 0 aliphatic heterocycles. The van der Waals surface area contributed by atoms with Gasteiger partial charge >= 0.3 is 5.97 Å². The van der Waals surface area contributed by atoms with Gasteiger partial charge in [0.1, 0.15) is 16.8 Å². The van der Waals surface area contributed by atoms with Gasteiger partial charge in [0.15, 0.2) is 5.69 Å². The summed E-state index contributed by atoms with van der Waals surface area (Å²) in [6.07, 6.45) is 4.24. The first-order chi connectivity index (χ1) is 8.69. The highest BCUT2D eigenvalue weighted by atomic mass is 32.2. The molecule has 0 aliphatic carbocycles. The third-order valence-corrected chi connectivity index (χ3v) is 2.83. The van der Waals surface area contributed by atoms with Crippen molar-refractivity contribution in [2.45, 2.75) is 9.92 Å². The van der Waals surface area contributed by atoms with Gasteiger partial charge in [-0.2, -0.15) is 5.26 Å². The molecule has 0 bridgehead atoms. The van der Waals surface area contributed by atoms with Crippen LogP contribution in [0.3, 0.4) is 0 Å². The topological polar surface area (TPSA) is 99.8 Å². The Morgan fingerprint density at radius 2 is 2.17 bits per heavy atom. The lowest BCUT2D eigenvalue weighted by Gasteiger charge is -2.01. The van der Waals surface area contributed by atoms with Crippen molar-refractivity contribution in [3.05, 3.63) is 42.1 Å². The van der Waals surface area contributed by atoms with Crippen LogP contribution in [-0.4, -0.2) is 26.0 Å². The molecule has 0 atom stereocenters. The standard InChI is InChI=1S/C11H6N4O2S/c12-4-7-5-15-10(6-14-7)18-8-1-2-13-9(3-8)11(16)17/h1-3,5-6H,(H,16,17). The summed E-state index contributed by atoms with van der Waals surface area (Å²) in [4.78, 5) is 23.1. The van der Waals surface area contributed by atoms with Crippen molar-refractivity contribution in [3.8, 4) is 6.07 Å². The zero-order valence-electron chi connectivity index (χ0n) is 8.94. The van der Waals surface area contributed by atoms with Crippen LogP contribution in [0.5, 0.6) is 0 Å². The lowest BCUT2D eigenvalue weighted by molar-refractivity contribution is 0.0690. The average Bonchev–Trinajstić information content (AvgIpc) is 2.40. The van der Waals surface area contributed by atoms with E-state index in [4.69, 9.17) is 10.4 Å². The first-order valence-corrected chi connectivity index (χ1v) is 5.60. The molecule has 2 rings (SSSR count). The molecule has 0 saturated carbocycles. The van der Waals surface area contributed by atoms with Crippen molar-refractivity contribution in [2.24, 2.45) is 0 Å². The van der Waals surface area contributed by atoms with Crippen molar-refractivity contribution in [3.63, 3.8) is 0 Å². The summed E-state index contributed by atoms with van der Waals surface area (Å²) in [7, 11) is 0. The zero-order valence-corrected chi connectivity index (χ0v) is 9.76. The van der Waals surface area contributed by atoms with Gasteiger partial charge in [-0.05, 0) is 12.1 Å². The number of rotatable bonds is 3. The van der Waals surface area contributed by atoms with Crippen LogP contribution in [0.4, 0.5) is 0 Å². The van der Waals surface area contributed by atoms with Crippen molar-refractivity contribution in [1.82, 2.24) is 15.0 Å². The molecule has 0 aromatic carbocycles. The van der Waals surface area contributed by atoms with E-state index in [0.29, 0.717) is 9.92 Å². The van der Waals surface area contributed by atoms with Crippen LogP contribution >= 0.6 is 11.8 Å². The maximum Gasteiger partial charge on any atom is 0.354 e. The number of pyridine rings is 1. The van der Waals surface area contributed by atoms with Crippen LogP contribution in [0.15, 0.2) is 40.6 Å². The molecule has 18 heavy (non-hydrogen) atoms. The molecule has 0 spiro atoms. The Balaban J connectivity index is 2.20. The Kier molecular flexibility index (Phi) is 3.50. The van der Waals surface area contributed by atoms with E-state index in [-0.39, 0.29) is 11.4 Å². The molecule has 0 unspecified atom stereocenters. The second kappa shape index (κ2) is 5.25. The molecule has 0 aliphatic rings. The van der Waals surface area contributed by atoms with Gasteiger partial charge in [0.05, 0.1) is 12.4 Å². The molecule has 1 N–H and O–H groups in total. The van der Waals surface area contributed by atoms with E-state index in [0.717, 1.165) is 0 Å². The number of hydrogen-bond donors (Lipinski definition) is 1. The molecule has 2 aromatic heterocycles. The molecule has 0 radical (unpaired) electrons. The van der Waals surface area contributed by atoms with Crippen LogP contribution in [0, 0.1) is 11.3 Å². The molecule has 0 saturated heterocycles. The highest BCUT2D eigenvalue weighted by Gasteiger charge is 2.06. The second-order valence-corrected chi connectivity index (χ2v) is 4.23. The fourth-order valence-electron chi connectivity index (χ4n) is 1.14. The molecule has 7 heteroatoms. The first kappa shape index (κ1) is 12.0. The predicted molar refractivity (Wildman–Crippen MR) is 62.1 cm³/mol. The molecular formula is C11H6N4O2S. The van der Waals surface area contributed by atoms with Crippen LogP contribution in [0.2, 0.25) is 0 Å². The molecule has 6 nitrogen and oxygen atoms in total. The van der Waals surface area contributed by atoms with E-state index in [1.807, 2.05) is 6.07 Å². The minimum absolute atomic E-state index is 0.0263. The van der Waals surface area contributed by atoms with Gasteiger partial charge in [0.2, 0.25) is 0 Å².